The third-order valence-corrected chi connectivity index (χ3v) is 6.70. The molecule has 1 aromatic carbocycles. The molecule has 0 aromatic heterocycles. The van der Waals surface area contributed by atoms with Crippen molar-refractivity contribution in [1.82, 2.24) is 14.7 Å². The Morgan fingerprint density at radius 3 is 2.42 bits per heavy atom. The number of nitrogens with zero attached hydrogens (tertiary/aromatic N) is 3. The van der Waals surface area contributed by atoms with Crippen LogP contribution in [0.1, 0.15) is 12.0 Å². The van der Waals surface area contributed by atoms with Gasteiger partial charge in [0.1, 0.15) is 0 Å². The predicted molar refractivity (Wildman–Crippen MR) is 93.5 cm³/mol. The van der Waals surface area contributed by atoms with Gasteiger partial charge in [-0.15, -0.1) is 0 Å². The maximum atomic E-state index is 12.6. The molecule has 7 heteroatoms. The number of hydrogen-bond donors (Lipinski definition) is 0. The molecule has 0 bridgehead atoms. The summed E-state index contributed by atoms with van der Waals surface area (Å²) in [6.07, 6.45) is 0.554. The van der Waals surface area contributed by atoms with Crippen molar-refractivity contribution in [1.29, 1.82) is 0 Å². The molecule has 24 heavy (non-hydrogen) atoms. The van der Waals surface area contributed by atoms with Crippen molar-refractivity contribution >= 4 is 15.9 Å². The summed E-state index contributed by atoms with van der Waals surface area (Å²) in [5.41, 5.74) is 1.28. The molecule has 2 heterocycles. The van der Waals surface area contributed by atoms with Gasteiger partial charge in [0.05, 0.1) is 11.5 Å². The second-order valence-electron chi connectivity index (χ2n) is 6.70. The fraction of sp³-hybridized carbons (Fsp3) is 0.588. The molecule has 2 fully saturated rings. The van der Waals surface area contributed by atoms with Gasteiger partial charge < -0.3 is 9.80 Å². The number of hydrogen-bond acceptors (Lipinski definition) is 4. The van der Waals surface area contributed by atoms with E-state index in [0.717, 1.165) is 19.6 Å². The highest BCUT2D eigenvalue weighted by Crippen LogP contribution is 2.18. The lowest BCUT2D eigenvalue weighted by atomic mass is 10.2. The summed E-state index contributed by atoms with van der Waals surface area (Å²) < 4.78 is 23.2. The van der Waals surface area contributed by atoms with Crippen LogP contribution >= 0.6 is 0 Å². The fourth-order valence-electron chi connectivity index (χ4n) is 3.40. The van der Waals surface area contributed by atoms with E-state index in [9.17, 15) is 13.2 Å². The van der Waals surface area contributed by atoms with Crippen molar-refractivity contribution < 1.29 is 13.2 Å². The summed E-state index contributed by atoms with van der Waals surface area (Å²) in [6, 6.07) is 10.1. The highest BCUT2D eigenvalue weighted by atomic mass is 32.2. The Labute approximate surface area is 144 Å². The number of carbonyl (C=O) groups excluding carboxylic acids is 1. The van der Waals surface area contributed by atoms with Crippen molar-refractivity contribution in [2.45, 2.75) is 19.0 Å². The molecule has 1 atom stereocenters. The van der Waals surface area contributed by atoms with E-state index in [1.165, 1.54) is 5.56 Å². The van der Waals surface area contributed by atoms with E-state index in [1.54, 1.807) is 11.9 Å². The summed E-state index contributed by atoms with van der Waals surface area (Å²) >= 11 is 0. The Hall–Kier alpha value is -1.60. The molecule has 132 valence electrons. The topological polar surface area (TPSA) is 60.9 Å². The van der Waals surface area contributed by atoms with Crippen molar-refractivity contribution in [3.63, 3.8) is 0 Å². The van der Waals surface area contributed by atoms with E-state index in [2.05, 4.69) is 17.0 Å². The van der Waals surface area contributed by atoms with Gasteiger partial charge in [0.2, 0.25) is 0 Å². The van der Waals surface area contributed by atoms with Gasteiger partial charge in [0.15, 0.2) is 9.84 Å². The first-order valence-corrected chi connectivity index (χ1v) is 10.3. The molecule has 1 aromatic rings. The Bertz CT molecular complexity index is 670. The zero-order valence-corrected chi connectivity index (χ0v) is 14.9. The number of amides is 2. The zero-order valence-electron chi connectivity index (χ0n) is 14.1. The Morgan fingerprint density at radius 1 is 1.17 bits per heavy atom. The quantitative estimate of drug-likeness (QED) is 0.816. The molecule has 1 unspecified atom stereocenters. The van der Waals surface area contributed by atoms with Gasteiger partial charge in [-0.05, 0) is 12.0 Å². The van der Waals surface area contributed by atoms with Crippen molar-refractivity contribution in [3.8, 4) is 0 Å². The maximum Gasteiger partial charge on any atom is 0.320 e. The average Bonchev–Trinajstić information content (AvgIpc) is 2.95. The summed E-state index contributed by atoms with van der Waals surface area (Å²) in [5, 5.41) is 0. The minimum Gasteiger partial charge on any atom is -0.324 e. The number of piperazine rings is 1. The molecule has 2 aliphatic heterocycles. The first-order valence-electron chi connectivity index (χ1n) is 8.43. The lowest BCUT2D eigenvalue weighted by Gasteiger charge is -2.38. The number of urea groups is 1. The van der Waals surface area contributed by atoms with E-state index in [1.807, 2.05) is 23.1 Å². The van der Waals surface area contributed by atoms with Crippen LogP contribution in [-0.4, -0.2) is 79.9 Å². The van der Waals surface area contributed by atoms with Crippen LogP contribution in [0.2, 0.25) is 0 Å². The van der Waals surface area contributed by atoms with Crippen molar-refractivity contribution in [2.75, 3.05) is 44.7 Å². The predicted octanol–water partition coefficient (Wildman–Crippen LogP) is 1.04. The van der Waals surface area contributed by atoms with Crippen LogP contribution in [0.5, 0.6) is 0 Å². The Morgan fingerprint density at radius 2 is 1.83 bits per heavy atom. The maximum absolute atomic E-state index is 12.6. The van der Waals surface area contributed by atoms with E-state index >= 15 is 0 Å². The Kier molecular flexibility index (Phi) is 5.10. The highest BCUT2D eigenvalue weighted by molar-refractivity contribution is 7.91. The lowest BCUT2D eigenvalue weighted by molar-refractivity contribution is 0.108. The standard InChI is InChI=1S/C17H25N3O3S/c1-18(16-7-12-24(22,23)14-16)17(21)20-10-8-19(9-11-20)13-15-5-3-2-4-6-15/h2-6,16H,7-14H2,1H3. The van der Waals surface area contributed by atoms with Crippen molar-refractivity contribution in [2.24, 2.45) is 0 Å². The number of sulfone groups is 1. The lowest BCUT2D eigenvalue weighted by Crippen LogP contribution is -2.53. The van der Waals surface area contributed by atoms with Crippen LogP contribution < -0.4 is 0 Å². The van der Waals surface area contributed by atoms with E-state index < -0.39 is 9.84 Å². The smallest absolute Gasteiger partial charge is 0.320 e. The van der Waals surface area contributed by atoms with Gasteiger partial charge in [-0.1, -0.05) is 30.3 Å². The minimum absolute atomic E-state index is 0.0449. The molecule has 3 rings (SSSR count). The summed E-state index contributed by atoms with van der Waals surface area (Å²) in [7, 11) is -1.24. The van der Waals surface area contributed by atoms with Gasteiger partial charge in [-0.3, -0.25) is 4.90 Å². The largest absolute Gasteiger partial charge is 0.324 e. The van der Waals surface area contributed by atoms with E-state index in [0.29, 0.717) is 19.5 Å². The number of rotatable bonds is 3. The Balaban J connectivity index is 1.50. The molecule has 0 N–H and O–H groups in total. The van der Waals surface area contributed by atoms with Gasteiger partial charge in [0, 0.05) is 45.8 Å². The molecular weight excluding hydrogens is 326 g/mol. The fourth-order valence-corrected chi connectivity index (χ4v) is 5.17. The normalized spacial score (nSPS) is 24.0. The molecule has 2 aliphatic rings. The van der Waals surface area contributed by atoms with Crippen molar-refractivity contribution in [3.05, 3.63) is 35.9 Å². The van der Waals surface area contributed by atoms with Crippen LogP contribution in [0.25, 0.3) is 0 Å². The molecule has 2 amide bonds. The van der Waals surface area contributed by atoms with Crippen LogP contribution in [0, 0.1) is 0 Å². The third kappa shape index (κ3) is 4.08. The van der Waals surface area contributed by atoms with Gasteiger partial charge in [0.25, 0.3) is 0 Å². The first kappa shape index (κ1) is 17.2. The molecule has 6 nitrogen and oxygen atoms in total. The summed E-state index contributed by atoms with van der Waals surface area (Å²) in [5.74, 6) is 0.295. The van der Waals surface area contributed by atoms with Gasteiger partial charge in [-0.25, -0.2) is 13.2 Å². The second kappa shape index (κ2) is 7.11. The average molecular weight is 351 g/mol. The monoisotopic (exact) mass is 351 g/mol. The first-order chi connectivity index (χ1) is 11.4. The van der Waals surface area contributed by atoms with Crippen LogP contribution in [0.4, 0.5) is 4.79 Å². The molecule has 0 radical (unpaired) electrons. The van der Waals surface area contributed by atoms with Gasteiger partial charge in [-0.2, -0.15) is 0 Å². The molecule has 0 saturated carbocycles. The van der Waals surface area contributed by atoms with E-state index in [4.69, 9.17) is 0 Å². The molecule has 0 aliphatic carbocycles. The summed E-state index contributed by atoms with van der Waals surface area (Å²) in [4.78, 5) is 18.4. The molecule has 2 saturated heterocycles. The third-order valence-electron chi connectivity index (χ3n) is 4.95. The summed E-state index contributed by atoms with van der Waals surface area (Å²) in [6.45, 7) is 3.97. The zero-order chi connectivity index (χ0) is 17.2. The highest BCUT2D eigenvalue weighted by Gasteiger charge is 2.34. The molecule has 0 spiro atoms. The molecular formula is C17H25N3O3S. The minimum atomic E-state index is -2.97. The van der Waals surface area contributed by atoms with Crippen LogP contribution in [-0.2, 0) is 16.4 Å². The van der Waals surface area contributed by atoms with Crippen LogP contribution in [0.3, 0.4) is 0 Å². The SMILES string of the molecule is CN(C(=O)N1CCN(Cc2ccccc2)CC1)C1CCS(=O)(=O)C1. The van der Waals surface area contributed by atoms with Gasteiger partial charge >= 0.3 is 6.03 Å². The number of benzene rings is 1. The second-order valence-corrected chi connectivity index (χ2v) is 8.93. The van der Waals surface area contributed by atoms with Crippen LogP contribution in [0.15, 0.2) is 30.3 Å². The number of carbonyl (C=O) groups is 1. The van der Waals surface area contributed by atoms with E-state index in [-0.39, 0.29) is 23.6 Å².